The van der Waals surface area contributed by atoms with Crippen molar-refractivity contribution in [2.75, 3.05) is 13.2 Å². The van der Waals surface area contributed by atoms with Crippen LogP contribution in [0.1, 0.15) is 32.7 Å². The summed E-state index contributed by atoms with van der Waals surface area (Å²) in [6, 6.07) is 9.53. The Balaban J connectivity index is 2.14. The summed E-state index contributed by atoms with van der Waals surface area (Å²) in [4.78, 5) is 12.6. The number of rotatable bonds is 11. The lowest BCUT2D eigenvalue weighted by Gasteiger charge is -2.23. The van der Waals surface area contributed by atoms with Gasteiger partial charge in [-0.1, -0.05) is 18.9 Å². The summed E-state index contributed by atoms with van der Waals surface area (Å²) in [5.41, 5.74) is 1.51. The smallest absolute Gasteiger partial charge is 0.308 e. The number of aliphatic hydroxyl groups is 1. The summed E-state index contributed by atoms with van der Waals surface area (Å²) in [6.45, 7) is 3.43. The van der Waals surface area contributed by atoms with E-state index in [0.29, 0.717) is 28.5 Å². The van der Waals surface area contributed by atoms with Crippen molar-refractivity contribution >= 4 is 49.9 Å². The number of aromatic nitrogens is 1. The third kappa shape index (κ3) is 5.66. The summed E-state index contributed by atoms with van der Waals surface area (Å²) >= 11 is 0.768. The second-order valence-corrected chi connectivity index (χ2v) is 9.71. The first-order valence-electron chi connectivity index (χ1n) is 10.2. The van der Waals surface area contributed by atoms with E-state index in [1.165, 1.54) is 12.1 Å². The van der Waals surface area contributed by atoms with Gasteiger partial charge in [-0.3, -0.25) is 9.35 Å². The molecule has 2 aromatic carbocycles. The predicted molar refractivity (Wildman–Crippen MR) is 121 cm³/mol. The molecule has 0 amide bonds. The highest BCUT2D eigenvalue weighted by molar-refractivity contribution is 7.94. The Kier molecular flexibility index (Phi) is 8.34. The number of benzene rings is 2. The standard InChI is InChI=1S/C21H25NO9S2/c1-3-14(10-13(2)21(24)29-9-8-23)22-19-6-4-15(32-31-30-25)11-17(19)18-12-16(33(26,27)28)5-7-20(18)22/h4-7,11-14,23,25H,3,8-10H2,1-2H3,(H,26,27,28). The van der Waals surface area contributed by atoms with Gasteiger partial charge in [0.25, 0.3) is 10.1 Å². The Morgan fingerprint density at radius 1 is 1.15 bits per heavy atom. The number of carbonyl (C=O) groups is 1. The first-order valence-corrected chi connectivity index (χ1v) is 12.4. The van der Waals surface area contributed by atoms with Gasteiger partial charge in [0.15, 0.2) is 0 Å². The third-order valence-corrected chi connectivity index (χ3v) is 6.83. The Morgan fingerprint density at radius 3 is 2.42 bits per heavy atom. The van der Waals surface area contributed by atoms with Crippen LogP contribution >= 0.6 is 12.0 Å². The molecule has 3 N–H and O–H groups in total. The molecule has 0 aliphatic heterocycles. The van der Waals surface area contributed by atoms with Crippen molar-refractivity contribution in [1.29, 1.82) is 0 Å². The van der Waals surface area contributed by atoms with Crippen LogP contribution in [0.2, 0.25) is 0 Å². The maximum Gasteiger partial charge on any atom is 0.308 e. The van der Waals surface area contributed by atoms with Crippen LogP contribution in [0, 0.1) is 5.92 Å². The Morgan fingerprint density at radius 2 is 1.82 bits per heavy atom. The number of fused-ring (bicyclic) bond motifs is 3. The van der Waals surface area contributed by atoms with Gasteiger partial charge in [0.2, 0.25) is 0 Å². The second kappa shape index (κ2) is 10.8. The Labute approximate surface area is 194 Å². The van der Waals surface area contributed by atoms with E-state index in [9.17, 15) is 17.8 Å². The van der Waals surface area contributed by atoms with Gasteiger partial charge in [0.05, 0.1) is 29.5 Å². The van der Waals surface area contributed by atoms with E-state index in [1.54, 1.807) is 25.1 Å². The molecule has 0 radical (unpaired) electrons. The van der Waals surface area contributed by atoms with Gasteiger partial charge in [-0.2, -0.15) is 8.42 Å². The van der Waals surface area contributed by atoms with Gasteiger partial charge < -0.3 is 14.4 Å². The number of esters is 1. The molecule has 1 heterocycles. The normalized spacial score (nSPS) is 14.0. The average Bonchev–Trinajstić information content (AvgIpc) is 3.11. The van der Waals surface area contributed by atoms with Crippen LogP contribution in [0.15, 0.2) is 46.2 Å². The third-order valence-electron chi connectivity index (χ3n) is 5.40. The van der Waals surface area contributed by atoms with Crippen LogP contribution in [-0.4, -0.2) is 47.1 Å². The first-order chi connectivity index (χ1) is 15.7. The molecule has 0 saturated carbocycles. The van der Waals surface area contributed by atoms with Crippen molar-refractivity contribution in [3.05, 3.63) is 36.4 Å². The fourth-order valence-electron chi connectivity index (χ4n) is 3.92. The molecule has 1 aromatic heterocycles. The minimum atomic E-state index is -4.42. The predicted octanol–water partition coefficient (Wildman–Crippen LogP) is 3.98. The van der Waals surface area contributed by atoms with Crippen LogP contribution in [0.25, 0.3) is 21.8 Å². The highest BCUT2D eigenvalue weighted by Gasteiger charge is 2.24. The van der Waals surface area contributed by atoms with Gasteiger partial charge in [-0.15, -0.1) is 4.33 Å². The SMILES string of the molecule is CCC(CC(C)C(=O)OCCO)n1c2ccc(SOOO)cc2c2cc(S(=O)(=O)O)ccc21. The summed E-state index contributed by atoms with van der Waals surface area (Å²) < 4.78 is 44.6. The molecule has 0 spiro atoms. The van der Waals surface area contributed by atoms with Crippen molar-refractivity contribution < 1.29 is 42.2 Å². The zero-order valence-corrected chi connectivity index (χ0v) is 19.6. The van der Waals surface area contributed by atoms with Crippen molar-refractivity contribution in [3.63, 3.8) is 0 Å². The van der Waals surface area contributed by atoms with Gasteiger partial charge in [-0.05, 0) is 49.2 Å². The zero-order chi connectivity index (χ0) is 24.2. The fraction of sp³-hybridized carbons (Fsp3) is 0.381. The Bertz CT molecular complexity index is 1240. The number of hydrogen-bond acceptors (Lipinski definition) is 9. The first kappa shape index (κ1) is 25.4. The van der Waals surface area contributed by atoms with Crippen LogP contribution in [0.4, 0.5) is 0 Å². The molecule has 3 aromatic rings. The average molecular weight is 500 g/mol. The molecule has 0 saturated heterocycles. The van der Waals surface area contributed by atoms with Crippen LogP contribution < -0.4 is 0 Å². The lowest BCUT2D eigenvalue weighted by Crippen LogP contribution is -2.21. The topological polar surface area (TPSA) is 145 Å². The maximum atomic E-state index is 12.3. The number of carbonyl (C=O) groups excluding carboxylic acids is 1. The fourth-order valence-corrected chi connectivity index (χ4v) is 4.82. The van der Waals surface area contributed by atoms with Gasteiger partial charge in [0, 0.05) is 32.7 Å². The largest absolute Gasteiger partial charge is 0.463 e. The molecule has 2 unspecified atom stereocenters. The zero-order valence-electron chi connectivity index (χ0n) is 18.0. The van der Waals surface area contributed by atoms with Crippen LogP contribution in [0.5, 0.6) is 0 Å². The molecule has 0 aliphatic carbocycles. The van der Waals surface area contributed by atoms with E-state index < -0.39 is 22.0 Å². The molecule has 12 heteroatoms. The summed E-state index contributed by atoms with van der Waals surface area (Å²) in [6.07, 6.45) is 1.13. The maximum absolute atomic E-state index is 12.3. The molecular weight excluding hydrogens is 474 g/mol. The van der Waals surface area contributed by atoms with Crippen molar-refractivity contribution in [1.82, 2.24) is 4.57 Å². The van der Waals surface area contributed by atoms with E-state index >= 15 is 0 Å². The number of ether oxygens (including phenoxy) is 1. The van der Waals surface area contributed by atoms with E-state index in [0.717, 1.165) is 23.1 Å². The second-order valence-electron chi connectivity index (χ2n) is 7.52. The van der Waals surface area contributed by atoms with Crippen molar-refractivity contribution in [2.24, 2.45) is 5.92 Å². The summed E-state index contributed by atoms with van der Waals surface area (Å²) in [5, 5.41) is 22.3. The molecule has 3 rings (SSSR count). The van der Waals surface area contributed by atoms with Crippen molar-refractivity contribution in [2.45, 2.75) is 42.5 Å². The van der Waals surface area contributed by atoms with E-state index in [1.807, 2.05) is 17.6 Å². The molecule has 10 nitrogen and oxygen atoms in total. The quantitative estimate of drug-likeness (QED) is 0.116. The molecular formula is C21H25NO9S2. The van der Waals surface area contributed by atoms with Crippen molar-refractivity contribution in [3.8, 4) is 0 Å². The lowest BCUT2D eigenvalue weighted by molar-refractivity contribution is -0.432. The van der Waals surface area contributed by atoms with E-state index in [-0.39, 0.29) is 24.2 Å². The Hall–Kier alpha value is -2.19. The molecule has 0 fully saturated rings. The highest BCUT2D eigenvalue weighted by Crippen LogP contribution is 2.38. The molecule has 33 heavy (non-hydrogen) atoms. The minimum absolute atomic E-state index is 0.0617. The molecule has 0 aliphatic rings. The van der Waals surface area contributed by atoms with Gasteiger partial charge in [-0.25, -0.2) is 5.26 Å². The van der Waals surface area contributed by atoms with Crippen LogP contribution in [-0.2, 0) is 29.0 Å². The van der Waals surface area contributed by atoms with Crippen LogP contribution in [0.3, 0.4) is 0 Å². The molecule has 2 atom stereocenters. The number of hydrogen-bond donors (Lipinski definition) is 3. The summed E-state index contributed by atoms with van der Waals surface area (Å²) in [5.74, 6) is -0.840. The number of nitrogens with zero attached hydrogens (tertiary/aromatic N) is 1. The van der Waals surface area contributed by atoms with E-state index in [2.05, 4.69) is 9.37 Å². The van der Waals surface area contributed by atoms with Gasteiger partial charge >= 0.3 is 5.97 Å². The minimum Gasteiger partial charge on any atom is -0.463 e. The lowest BCUT2D eigenvalue weighted by atomic mass is 9.99. The molecule has 0 bridgehead atoms. The number of aliphatic hydroxyl groups excluding tert-OH is 1. The monoisotopic (exact) mass is 499 g/mol. The highest BCUT2D eigenvalue weighted by atomic mass is 32.2. The van der Waals surface area contributed by atoms with Gasteiger partial charge in [0.1, 0.15) is 6.61 Å². The van der Waals surface area contributed by atoms with E-state index in [4.69, 9.17) is 15.1 Å². The summed E-state index contributed by atoms with van der Waals surface area (Å²) in [7, 11) is -4.42. The molecule has 180 valence electrons.